The first-order valence-corrected chi connectivity index (χ1v) is 10.1. The quantitative estimate of drug-likeness (QED) is 0.778. The van der Waals surface area contributed by atoms with E-state index in [2.05, 4.69) is 38.2 Å². The molecule has 1 heterocycles. The van der Waals surface area contributed by atoms with Crippen molar-refractivity contribution in [1.29, 1.82) is 0 Å². The molecule has 4 unspecified atom stereocenters. The van der Waals surface area contributed by atoms with Crippen LogP contribution in [-0.4, -0.2) is 30.4 Å². The number of benzene rings is 2. The fourth-order valence-corrected chi connectivity index (χ4v) is 4.82. The van der Waals surface area contributed by atoms with Crippen LogP contribution in [0.25, 0.3) is 0 Å². The number of aryl methyl sites for hydroxylation is 3. The molecule has 5 heteroatoms. The van der Waals surface area contributed by atoms with Crippen LogP contribution in [0.1, 0.15) is 51.4 Å². The number of ketones is 1. The van der Waals surface area contributed by atoms with Gasteiger partial charge in [-0.3, -0.25) is 9.59 Å². The van der Waals surface area contributed by atoms with Gasteiger partial charge >= 0.3 is 0 Å². The van der Waals surface area contributed by atoms with Gasteiger partial charge in [-0.2, -0.15) is 0 Å². The maximum absolute atomic E-state index is 13.0. The van der Waals surface area contributed by atoms with Gasteiger partial charge in [0.15, 0.2) is 0 Å². The number of ether oxygens (including phenoxy) is 1. The van der Waals surface area contributed by atoms with Gasteiger partial charge in [0.05, 0.1) is 18.1 Å². The van der Waals surface area contributed by atoms with E-state index in [1.165, 1.54) is 29.8 Å². The summed E-state index contributed by atoms with van der Waals surface area (Å²) in [7, 11) is 0. The van der Waals surface area contributed by atoms with Crippen molar-refractivity contribution in [3.63, 3.8) is 0 Å². The van der Waals surface area contributed by atoms with E-state index in [4.69, 9.17) is 4.74 Å². The van der Waals surface area contributed by atoms with Crippen LogP contribution < -0.4 is 5.32 Å². The lowest BCUT2D eigenvalue weighted by Gasteiger charge is -2.26. The molecule has 2 aromatic carbocycles. The highest BCUT2D eigenvalue weighted by molar-refractivity contribution is 5.94. The molecule has 1 aliphatic heterocycles. The van der Waals surface area contributed by atoms with E-state index in [1.807, 2.05) is 0 Å². The highest BCUT2D eigenvalue weighted by atomic mass is 19.1. The summed E-state index contributed by atoms with van der Waals surface area (Å²) in [5.74, 6) is -0.417. The Bertz CT molecular complexity index is 930. The summed E-state index contributed by atoms with van der Waals surface area (Å²) >= 11 is 0. The van der Waals surface area contributed by atoms with Gasteiger partial charge in [-0.25, -0.2) is 4.39 Å². The van der Waals surface area contributed by atoms with Crippen molar-refractivity contribution in [2.45, 2.75) is 51.7 Å². The van der Waals surface area contributed by atoms with Gasteiger partial charge in [0, 0.05) is 18.5 Å². The van der Waals surface area contributed by atoms with Gasteiger partial charge in [-0.1, -0.05) is 17.7 Å². The molecule has 4 nitrogen and oxygen atoms in total. The Balaban J connectivity index is 1.36. The molecular formula is C24H26FNO3. The summed E-state index contributed by atoms with van der Waals surface area (Å²) in [6.07, 6.45) is 1.21. The van der Waals surface area contributed by atoms with E-state index in [-0.39, 0.29) is 41.6 Å². The average Bonchev–Trinajstić information content (AvgIpc) is 3.44. The molecule has 152 valence electrons. The Kier molecular flexibility index (Phi) is 5.26. The molecule has 1 aliphatic carbocycles. The van der Waals surface area contributed by atoms with E-state index in [0.29, 0.717) is 24.9 Å². The average molecular weight is 395 g/mol. The maximum atomic E-state index is 13.0. The number of hydrogen-bond donors (Lipinski definition) is 1. The monoisotopic (exact) mass is 395 g/mol. The highest BCUT2D eigenvalue weighted by Gasteiger charge is 2.56. The third-order valence-corrected chi connectivity index (χ3v) is 6.12. The first-order valence-electron chi connectivity index (χ1n) is 10.1. The van der Waals surface area contributed by atoms with E-state index < -0.39 is 0 Å². The molecule has 1 saturated carbocycles. The molecule has 0 radical (unpaired) electrons. The fraction of sp³-hybridized carbons (Fsp3) is 0.417. The highest BCUT2D eigenvalue weighted by Crippen LogP contribution is 2.49. The molecule has 0 bridgehead atoms. The predicted octanol–water partition coefficient (Wildman–Crippen LogP) is 4.01. The van der Waals surface area contributed by atoms with Crippen molar-refractivity contribution < 1.29 is 18.7 Å². The van der Waals surface area contributed by atoms with E-state index in [1.54, 1.807) is 0 Å². The van der Waals surface area contributed by atoms with E-state index >= 15 is 0 Å². The zero-order valence-electron chi connectivity index (χ0n) is 17.0. The van der Waals surface area contributed by atoms with Crippen LogP contribution in [0, 0.1) is 32.5 Å². The number of carbonyl (C=O) groups excluding carboxylic acids is 2. The minimum atomic E-state index is -0.368. The summed E-state index contributed by atoms with van der Waals surface area (Å²) in [6.45, 7) is 6.67. The Morgan fingerprint density at radius 3 is 2.41 bits per heavy atom. The third-order valence-electron chi connectivity index (χ3n) is 6.12. The predicted molar refractivity (Wildman–Crippen MR) is 109 cm³/mol. The number of nitrogens with one attached hydrogen (secondary N) is 1. The number of hydrogen-bond acceptors (Lipinski definition) is 3. The largest absolute Gasteiger partial charge is 0.368 e. The van der Waals surface area contributed by atoms with Crippen molar-refractivity contribution in [3.05, 3.63) is 70.0 Å². The van der Waals surface area contributed by atoms with Crippen LogP contribution in [-0.2, 0) is 9.53 Å². The van der Waals surface area contributed by atoms with Gasteiger partial charge < -0.3 is 10.1 Å². The number of amides is 1. The second-order valence-electron chi connectivity index (χ2n) is 8.34. The minimum Gasteiger partial charge on any atom is -0.368 e. The number of fused-ring (bicyclic) bond motifs is 1. The van der Waals surface area contributed by atoms with Crippen LogP contribution in [0.15, 0.2) is 36.4 Å². The molecule has 0 spiro atoms. The van der Waals surface area contributed by atoms with E-state index in [9.17, 15) is 14.0 Å². The zero-order chi connectivity index (χ0) is 20.7. The van der Waals surface area contributed by atoms with Crippen molar-refractivity contribution >= 4 is 11.7 Å². The smallest absolute Gasteiger partial charge is 0.251 e. The van der Waals surface area contributed by atoms with Gasteiger partial charge in [-0.15, -0.1) is 0 Å². The minimum absolute atomic E-state index is 0.0471. The molecule has 1 saturated heterocycles. The van der Waals surface area contributed by atoms with Crippen LogP contribution in [0.4, 0.5) is 4.39 Å². The Hall–Kier alpha value is -2.53. The summed E-state index contributed by atoms with van der Waals surface area (Å²) in [5.41, 5.74) is 5.06. The third kappa shape index (κ3) is 3.97. The van der Waals surface area contributed by atoms with Crippen LogP contribution in [0.3, 0.4) is 0 Å². The normalized spacial score (nSPS) is 25.4. The molecule has 1 amide bonds. The number of carbonyl (C=O) groups is 2. The molecule has 4 rings (SSSR count). The second-order valence-corrected chi connectivity index (χ2v) is 8.34. The lowest BCUT2D eigenvalue weighted by molar-refractivity contribution is -0.122. The number of rotatable bonds is 5. The van der Waals surface area contributed by atoms with Crippen molar-refractivity contribution in [2.75, 3.05) is 6.54 Å². The Morgan fingerprint density at radius 1 is 1.10 bits per heavy atom. The van der Waals surface area contributed by atoms with Crippen LogP contribution >= 0.6 is 0 Å². The molecular weight excluding hydrogens is 369 g/mol. The summed E-state index contributed by atoms with van der Waals surface area (Å²) in [4.78, 5) is 25.1. The fourth-order valence-electron chi connectivity index (χ4n) is 4.82. The molecule has 2 fully saturated rings. The van der Waals surface area contributed by atoms with Gasteiger partial charge in [0.25, 0.3) is 5.91 Å². The Morgan fingerprint density at radius 2 is 1.76 bits per heavy atom. The van der Waals surface area contributed by atoms with E-state index in [0.717, 1.165) is 16.7 Å². The zero-order valence-corrected chi connectivity index (χ0v) is 17.0. The van der Waals surface area contributed by atoms with Gasteiger partial charge in [0.2, 0.25) is 0 Å². The molecule has 4 atom stereocenters. The standard InChI is InChI=1S/C24H26FNO3/c1-13-10-14(2)20(15(3)11-13)21-19(27)12-17(22-23(21)29-22)8-9-26-24(28)16-4-6-18(25)7-5-16/h4-7,10-11,17,21-23H,8-9,12H2,1-3H3,(H,26,28). The molecule has 29 heavy (non-hydrogen) atoms. The maximum Gasteiger partial charge on any atom is 0.251 e. The first kappa shape index (κ1) is 19.8. The SMILES string of the molecule is Cc1cc(C)c(C2C(=O)CC(CCNC(=O)c3ccc(F)cc3)C3OC23)c(C)c1. The molecule has 2 aromatic rings. The van der Waals surface area contributed by atoms with Crippen molar-refractivity contribution in [1.82, 2.24) is 5.32 Å². The van der Waals surface area contributed by atoms with Gasteiger partial charge in [-0.05, 0) is 74.1 Å². The van der Waals surface area contributed by atoms with Gasteiger partial charge in [0.1, 0.15) is 11.6 Å². The second kappa shape index (κ2) is 7.71. The van der Waals surface area contributed by atoms with Crippen molar-refractivity contribution in [3.8, 4) is 0 Å². The lowest BCUT2D eigenvalue weighted by atomic mass is 9.74. The summed E-state index contributed by atoms with van der Waals surface area (Å²) in [5, 5.41) is 2.86. The van der Waals surface area contributed by atoms with Crippen LogP contribution in [0.5, 0.6) is 0 Å². The van der Waals surface area contributed by atoms with Crippen LogP contribution in [0.2, 0.25) is 0 Å². The molecule has 0 aromatic heterocycles. The number of epoxide rings is 1. The lowest BCUT2D eigenvalue weighted by Crippen LogP contribution is -2.34. The topological polar surface area (TPSA) is 58.7 Å². The first-order chi connectivity index (χ1) is 13.8. The molecule has 2 aliphatic rings. The Labute approximate surface area is 170 Å². The number of Topliss-reactive ketones (excluding diaryl/α,β-unsaturated/α-hetero) is 1. The summed E-state index contributed by atoms with van der Waals surface area (Å²) in [6, 6.07) is 9.73. The summed E-state index contributed by atoms with van der Waals surface area (Å²) < 4.78 is 18.9. The molecule has 1 N–H and O–H groups in total. The van der Waals surface area contributed by atoms with Crippen molar-refractivity contribution in [2.24, 2.45) is 5.92 Å². The number of halogens is 1.